The van der Waals surface area contributed by atoms with Crippen molar-refractivity contribution >= 4 is 37.9 Å². The summed E-state index contributed by atoms with van der Waals surface area (Å²) in [5.41, 5.74) is 0. The molecule has 0 radical (unpaired) electrons. The first kappa shape index (κ1) is 10.9. The number of hydrogen-bond acceptors (Lipinski definition) is 0. The van der Waals surface area contributed by atoms with Crippen LogP contribution in [0.2, 0.25) is 0 Å². The highest BCUT2D eigenvalue weighted by molar-refractivity contribution is 8.93. The van der Waals surface area contributed by atoms with Crippen molar-refractivity contribution in [2.75, 3.05) is 0 Å². The van der Waals surface area contributed by atoms with Gasteiger partial charge in [-0.05, 0) is 0 Å². The van der Waals surface area contributed by atoms with Gasteiger partial charge in [0.2, 0.25) is 0 Å². The van der Waals surface area contributed by atoms with E-state index in [1.807, 2.05) is 0 Å². The summed E-state index contributed by atoms with van der Waals surface area (Å²) in [6.45, 7) is 0. The standard InChI is InChI=1S/CF3.BrH.FH.Mg/c2-1(3)4;;;/h;2*1H;/q;;;+1/p-1. The van der Waals surface area contributed by atoms with Gasteiger partial charge in [-0.15, -0.1) is 17.0 Å². The van der Waals surface area contributed by atoms with E-state index in [0.717, 1.165) is 0 Å². The van der Waals surface area contributed by atoms with Gasteiger partial charge < -0.3 is 2.96 Å². The average Bonchev–Trinajstić information content (AvgIpc) is 1.35. The predicted molar refractivity (Wildman–Crippen MR) is 23.2 cm³/mol. The Labute approximate surface area is 58.5 Å². The Morgan fingerprint density at radius 1 is 1.14 bits per heavy atom. The fraction of sp³-hybridized carbons (Fsp3) is 1.00. The highest BCUT2D eigenvalue weighted by Gasteiger charge is 2.33. The molecule has 42 valence electrons. The number of alkyl halides is 3. The van der Waals surface area contributed by atoms with Crippen LogP contribution in [0.25, 0.3) is 0 Å². The maximum atomic E-state index is 10.5. The Morgan fingerprint density at radius 3 is 1.29 bits per heavy atom. The molecule has 7 heavy (non-hydrogen) atoms. The van der Waals surface area contributed by atoms with Crippen molar-refractivity contribution in [3.05, 3.63) is 0 Å². The topological polar surface area (TPSA) is 0 Å². The lowest BCUT2D eigenvalue weighted by atomic mass is 11.5. The van der Waals surface area contributed by atoms with E-state index in [4.69, 9.17) is 0 Å². The van der Waals surface area contributed by atoms with Crippen molar-refractivity contribution in [1.82, 2.24) is 0 Å². The quantitative estimate of drug-likeness (QED) is 0.405. The lowest BCUT2D eigenvalue weighted by molar-refractivity contribution is -0.0522. The van der Waals surface area contributed by atoms with Crippen LogP contribution in [0.1, 0.15) is 0 Å². The molecule has 0 aromatic heterocycles. The van der Waals surface area contributed by atoms with Crippen molar-refractivity contribution in [3.8, 4) is 0 Å². The van der Waals surface area contributed by atoms with Crippen molar-refractivity contribution in [2.24, 2.45) is 0 Å². The van der Waals surface area contributed by atoms with Crippen molar-refractivity contribution in [1.29, 1.82) is 0 Å². The monoisotopic (exact) mass is 192 g/mol. The first-order chi connectivity index (χ1) is 2.56. The van der Waals surface area contributed by atoms with Crippen LogP contribution in [0.4, 0.5) is 16.1 Å². The van der Waals surface area contributed by atoms with E-state index in [2.05, 4.69) is 0 Å². The second-order valence-electron chi connectivity index (χ2n) is 0.749. The lowest BCUT2D eigenvalue weighted by Crippen LogP contribution is -2.12. The first-order valence-corrected chi connectivity index (χ1v) is 2.43. The zero-order valence-corrected chi connectivity index (χ0v) is 6.25. The van der Waals surface area contributed by atoms with E-state index in [1.165, 1.54) is 0 Å². The molecule has 0 amide bonds. The molecule has 0 aromatic rings. The van der Waals surface area contributed by atoms with Crippen LogP contribution < -0.4 is 0 Å². The van der Waals surface area contributed by atoms with Gasteiger partial charge in [-0.25, -0.2) is 13.2 Å². The molecule has 6 heteroatoms. The van der Waals surface area contributed by atoms with E-state index in [1.54, 1.807) is 0 Å². The van der Waals surface area contributed by atoms with Gasteiger partial charge in [-0.1, -0.05) is 0 Å². The molecule has 0 N–H and O–H groups in total. The normalized spacial score (nSPS) is 9.14. The molecule has 0 nitrogen and oxygen atoms in total. The molecule has 0 atom stereocenters. The summed E-state index contributed by atoms with van der Waals surface area (Å²) >= 11 is -3.25. The molecular weight excluding hydrogens is 192 g/mol. The number of hydrogen-bond donors (Lipinski definition) is 0. The highest BCUT2D eigenvalue weighted by Crippen LogP contribution is 2.11. The number of halogens is 5. The molecule has 0 bridgehead atoms. The minimum absolute atomic E-state index is 0. The summed E-state index contributed by atoms with van der Waals surface area (Å²) in [6.07, 6.45) is 0. The Morgan fingerprint density at radius 2 is 1.29 bits per heavy atom. The van der Waals surface area contributed by atoms with Gasteiger partial charge in [0.1, 0.15) is 0 Å². The molecule has 0 unspecified atom stereocenters. The van der Waals surface area contributed by atoms with Crippen molar-refractivity contribution in [3.63, 3.8) is 0 Å². The van der Waals surface area contributed by atoms with Crippen LogP contribution in [0.5, 0.6) is 0 Å². The van der Waals surface area contributed by atoms with Gasteiger partial charge in [0.05, 0.1) is 0 Å². The molecule has 0 saturated carbocycles. The van der Waals surface area contributed by atoms with Crippen molar-refractivity contribution < 1.29 is 16.1 Å². The van der Waals surface area contributed by atoms with E-state index in [-0.39, 0.29) is 17.0 Å². The smallest absolute Gasteiger partial charge is 0.473 e. The van der Waals surface area contributed by atoms with Gasteiger partial charge in [-0.2, -0.15) is 0 Å². The number of rotatable bonds is 0. The summed E-state index contributed by atoms with van der Waals surface area (Å²) < 4.78 is 37.4. The van der Waals surface area contributed by atoms with Gasteiger partial charge in [0.25, 0.3) is 0 Å². The SMILES string of the molecule is Br.[F][Mg][C](F)(F)F. The third-order valence-corrected chi connectivity index (χ3v) is 0.455. The van der Waals surface area contributed by atoms with Crippen molar-refractivity contribution in [2.45, 2.75) is 4.31 Å². The van der Waals surface area contributed by atoms with Gasteiger partial charge in [-0.3, -0.25) is 0 Å². The summed E-state index contributed by atoms with van der Waals surface area (Å²) in [4.78, 5) is 0. The average molecular weight is 193 g/mol. The van der Waals surface area contributed by atoms with E-state index in [0.29, 0.717) is 0 Å². The third-order valence-electron chi connectivity index (χ3n) is 0.152. The van der Waals surface area contributed by atoms with Gasteiger partial charge in [0, 0.05) is 0 Å². The summed E-state index contributed by atoms with van der Waals surface area (Å²) in [7, 11) is 0. The van der Waals surface area contributed by atoms with Crippen LogP contribution in [-0.2, 0) is 0 Å². The van der Waals surface area contributed by atoms with E-state index in [9.17, 15) is 16.1 Å². The zero-order chi connectivity index (χ0) is 5.21. The van der Waals surface area contributed by atoms with Crippen LogP contribution in [0.15, 0.2) is 0 Å². The minimum atomic E-state index is -4.49. The lowest BCUT2D eigenvalue weighted by Gasteiger charge is -1.92. The largest absolute Gasteiger partial charge is 0.761 e. The van der Waals surface area contributed by atoms with Crippen LogP contribution >= 0.6 is 17.0 Å². The van der Waals surface area contributed by atoms with Gasteiger partial charge >= 0.3 is 25.2 Å². The zero-order valence-electron chi connectivity index (χ0n) is 3.13. The maximum absolute atomic E-state index is 10.5. The molecule has 0 aliphatic rings. The summed E-state index contributed by atoms with van der Waals surface area (Å²) in [5, 5.41) is 0. The van der Waals surface area contributed by atoms with Gasteiger partial charge in [0.15, 0.2) is 0 Å². The maximum Gasteiger partial charge on any atom is 0.761 e. The fourth-order valence-electron chi connectivity index (χ4n) is 0. The molecule has 0 aliphatic carbocycles. The molecule has 0 rings (SSSR count). The Bertz CT molecular complexity index is 41.4. The Kier molecular flexibility index (Phi) is 6.06. The molecule has 0 spiro atoms. The van der Waals surface area contributed by atoms with E-state index >= 15 is 0 Å². The Hall–Kier alpha value is 0.966. The van der Waals surface area contributed by atoms with E-state index < -0.39 is 25.2 Å². The molecule has 0 aliphatic heterocycles. The minimum Gasteiger partial charge on any atom is -0.473 e. The molecule has 0 fully saturated rings. The van der Waals surface area contributed by atoms with Crippen LogP contribution in [0, 0.1) is 0 Å². The Balaban J connectivity index is 0. The molecular formula is CHBrF4Mg. The first-order valence-electron chi connectivity index (χ1n) is 1.19. The molecule has 0 heterocycles. The molecule has 0 saturated heterocycles. The fourth-order valence-corrected chi connectivity index (χ4v) is 0. The summed E-state index contributed by atoms with van der Waals surface area (Å²) in [5.74, 6) is 0. The highest BCUT2D eigenvalue weighted by atomic mass is 79.9. The predicted octanol–water partition coefficient (Wildman–Crippen LogP) is 1.67. The second kappa shape index (κ2) is 3.91. The summed E-state index contributed by atoms with van der Waals surface area (Å²) in [6, 6.07) is 0. The van der Waals surface area contributed by atoms with Crippen LogP contribution in [0.3, 0.4) is 0 Å². The second-order valence-corrected chi connectivity index (χ2v) is 1.82. The van der Waals surface area contributed by atoms with Crippen LogP contribution in [-0.4, -0.2) is 25.2 Å². The third kappa shape index (κ3) is 10.9. The molecule has 0 aromatic carbocycles.